The number of carbonyl (C=O) groups excluding carboxylic acids is 2. The maximum atomic E-state index is 12.7. The van der Waals surface area contributed by atoms with E-state index in [0.29, 0.717) is 62.6 Å². The molecule has 1 saturated heterocycles. The van der Waals surface area contributed by atoms with E-state index < -0.39 is 11.9 Å². The highest BCUT2D eigenvalue weighted by Crippen LogP contribution is 2.32. The third-order valence-electron chi connectivity index (χ3n) is 5.30. The molecule has 1 aliphatic heterocycles. The summed E-state index contributed by atoms with van der Waals surface area (Å²) in [6, 6.07) is 6.76. The van der Waals surface area contributed by atoms with Gasteiger partial charge in [0.05, 0.1) is 5.92 Å². The van der Waals surface area contributed by atoms with E-state index in [1.54, 1.807) is 34.1 Å². The number of carbonyl (C=O) groups is 3. The summed E-state index contributed by atoms with van der Waals surface area (Å²) in [5.74, 6) is -1.41. The van der Waals surface area contributed by atoms with Crippen LogP contribution in [-0.2, 0) is 9.59 Å². The minimum Gasteiger partial charge on any atom is -0.481 e. The van der Waals surface area contributed by atoms with E-state index in [1.807, 2.05) is 0 Å². The Balaban J connectivity index is 1.53. The number of aliphatic carboxylic acids is 1. The van der Waals surface area contributed by atoms with Crippen molar-refractivity contribution < 1.29 is 19.5 Å². The first-order valence-corrected chi connectivity index (χ1v) is 9.65. The summed E-state index contributed by atoms with van der Waals surface area (Å²) in [6.07, 6.45) is 2.31. The van der Waals surface area contributed by atoms with Crippen LogP contribution in [-0.4, -0.2) is 59.0 Å². The molecule has 1 aromatic carbocycles. The standard InChI is InChI=1S/C19H24ClN3O4/c20-15-3-1-4-16(12-15)21-19(27)23-8-2-7-22(9-10-23)17(24)13-5-6-14(11-13)18(25)26/h1,3-4,12-14H,2,5-11H2,(H,21,27)(H,25,26)/t13-,14+/m0/s1. The first-order chi connectivity index (χ1) is 12.9. The molecule has 1 aromatic rings. The fraction of sp³-hybridized carbons (Fsp3) is 0.526. The van der Waals surface area contributed by atoms with Crippen molar-refractivity contribution in [2.45, 2.75) is 25.7 Å². The summed E-state index contributed by atoms with van der Waals surface area (Å²) in [5, 5.41) is 12.5. The summed E-state index contributed by atoms with van der Waals surface area (Å²) >= 11 is 5.94. The Morgan fingerprint density at radius 2 is 1.74 bits per heavy atom. The Hall–Kier alpha value is -2.28. The molecule has 8 heteroatoms. The van der Waals surface area contributed by atoms with E-state index in [2.05, 4.69) is 5.32 Å². The smallest absolute Gasteiger partial charge is 0.321 e. The van der Waals surface area contributed by atoms with E-state index >= 15 is 0 Å². The number of hydrogen-bond donors (Lipinski definition) is 2. The topological polar surface area (TPSA) is 90.0 Å². The highest BCUT2D eigenvalue weighted by atomic mass is 35.5. The molecular weight excluding hydrogens is 370 g/mol. The molecule has 2 atom stereocenters. The second-order valence-electron chi connectivity index (χ2n) is 7.15. The van der Waals surface area contributed by atoms with Crippen molar-refractivity contribution in [2.24, 2.45) is 11.8 Å². The fourth-order valence-corrected chi connectivity index (χ4v) is 3.99. The molecule has 3 amide bonds. The number of hydrogen-bond acceptors (Lipinski definition) is 3. The Bertz CT molecular complexity index is 727. The van der Waals surface area contributed by atoms with Crippen molar-refractivity contribution in [1.82, 2.24) is 9.80 Å². The van der Waals surface area contributed by atoms with Crippen LogP contribution >= 0.6 is 11.6 Å². The average molecular weight is 394 g/mol. The van der Waals surface area contributed by atoms with E-state index in [1.165, 1.54) is 0 Å². The number of nitrogens with zero attached hydrogens (tertiary/aromatic N) is 2. The van der Waals surface area contributed by atoms with Gasteiger partial charge in [0.2, 0.25) is 5.91 Å². The lowest BCUT2D eigenvalue weighted by molar-refractivity contribution is -0.141. The zero-order valence-corrected chi connectivity index (χ0v) is 15.8. The first kappa shape index (κ1) is 19.5. The van der Waals surface area contributed by atoms with Crippen molar-refractivity contribution in [1.29, 1.82) is 0 Å². The third kappa shape index (κ3) is 4.91. The van der Waals surface area contributed by atoms with Gasteiger partial charge in [-0.1, -0.05) is 17.7 Å². The lowest BCUT2D eigenvalue weighted by Gasteiger charge is -2.24. The number of carboxylic acids is 1. The molecule has 1 heterocycles. The molecule has 2 aliphatic rings. The Kier molecular flexibility index (Phi) is 6.21. The molecule has 27 heavy (non-hydrogen) atoms. The van der Waals surface area contributed by atoms with Gasteiger partial charge < -0.3 is 20.2 Å². The summed E-state index contributed by atoms with van der Waals surface area (Å²) < 4.78 is 0. The van der Waals surface area contributed by atoms with Crippen molar-refractivity contribution in [2.75, 3.05) is 31.5 Å². The number of urea groups is 1. The van der Waals surface area contributed by atoms with Crippen molar-refractivity contribution >= 4 is 35.2 Å². The summed E-state index contributed by atoms with van der Waals surface area (Å²) in [7, 11) is 0. The van der Waals surface area contributed by atoms with Crippen molar-refractivity contribution in [3.05, 3.63) is 29.3 Å². The van der Waals surface area contributed by atoms with E-state index in [9.17, 15) is 14.4 Å². The minimum atomic E-state index is -0.815. The van der Waals surface area contributed by atoms with Crippen LogP contribution in [0.2, 0.25) is 5.02 Å². The highest BCUT2D eigenvalue weighted by molar-refractivity contribution is 6.30. The van der Waals surface area contributed by atoms with E-state index in [-0.39, 0.29) is 17.9 Å². The quantitative estimate of drug-likeness (QED) is 0.826. The van der Waals surface area contributed by atoms with Gasteiger partial charge in [-0.15, -0.1) is 0 Å². The Morgan fingerprint density at radius 1 is 1.04 bits per heavy atom. The first-order valence-electron chi connectivity index (χ1n) is 9.27. The molecule has 1 saturated carbocycles. The van der Waals surface area contributed by atoms with Crippen LogP contribution in [0.15, 0.2) is 24.3 Å². The second kappa shape index (κ2) is 8.61. The largest absolute Gasteiger partial charge is 0.481 e. The van der Waals surface area contributed by atoms with Crippen LogP contribution < -0.4 is 5.32 Å². The molecule has 3 rings (SSSR count). The zero-order chi connectivity index (χ0) is 19.4. The molecule has 0 bridgehead atoms. The maximum Gasteiger partial charge on any atom is 0.321 e. The molecule has 1 aliphatic carbocycles. The van der Waals surface area contributed by atoms with Gasteiger partial charge in [-0.2, -0.15) is 0 Å². The molecule has 146 valence electrons. The number of nitrogens with one attached hydrogen (secondary N) is 1. The normalized spacial score (nSPS) is 23.0. The van der Waals surface area contributed by atoms with Gasteiger partial charge in [-0.25, -0.2) is 4.79 Å². The highest BCUT2D eigenvalue weighted by Gasteiger charge is 2.36. The van der Waals surface area contributed by atoms with Crippen molar-refractivity contribution in [3.8, 4) is 0 Å². The van der Waals surface area contributed by atoms with Crippen LogP contribution in [0.1, 0.15) is 25.7 Å². The van der Waals surface area contributed by atoms with Gasteiger partial charge in [-0.3, -0.25) is 9.59 Å². The SMILES string of the molecule is O=C(O)[C@@H]1CC[C@H](C(=O)N2CCCN(C(=O)Nc3cccc(Cl)c3)CC2)C1. The number of halogens is 1. The number of amides is 3. The molecule has 0 radical (unpaired) electrons. The Labute approximate surface area is 163 Å². The predicted octanol–water partition coefficient (Wildman–Crippen LogP) is 2.91. The monoisotopic (exact) mass is 393 g/mol. The molecular formula is C19H24ClN3O4. The van der Waals surface area contributed by atoms with Gasteiger partial charge in [0, 0.05) is 42.8 Å². The van der Waals surface area contributed by atoms with E-state index in [4.69, 9.17) is 16.7 Å². The van der Waals surface area contributed by atoms with Crippen LogP contribution in [0, 0.1) is 11.8 Å². The molecule has 0 aromatic heterocycles. The van der Waals surface area contributed by atoms with E-state index in [0.717, 1.165) is 0 Å². The summed E-state index contributed by atoms with van der Waals surface area (Å²) in [6.45, 7) is 2.08. The molecule has 7 nitrogen and oxygen atoms in total. The lowest BCUT2D eigenvalue weighted by Crippen LogP contribution is -2.40. The fourth-order valence-electron chi connectivity index (χ4n) is 3.80. The lowest BCUT2D eigenvalue weighted by atomic mass is 10.0. The van der Waals surface area contributed by atoms with Crippen LogP contribution in [0.4, 0.5) is 10.5 Å². The number of carboxylic acid groups (broad SMARTS) is 1. The molecule has 0 spiro atoms. The van der Waals surface area contributed by atoms with Crippen LogP contribution in [0.25, 0.3) is 0 Å². The van der Waals surface area contributed by atoms with Crippen LogP contribution in [0.3, 0.4) is 0 Å². The summed E-state index contributed by atoms with van der Waals surface area (Å²) in [4.78, 5) is 39.8. The van der Waals surface area contributed by atoms with Crippen molar-refractivity contribution in [3.63, 3.8) is 0 Å². The summed E-state index contributed by atoms with van der Waals surface area (Å²) in [5.41, 5.74) is 0.635. The number of anilines is 1. The minimum absolute atomic E-state index is 0.0239. The van der Waals surface area contributed by atoms with Gasteiger partial charge in [0.15, 0.2) is 0 Å². The number of rotatable bonds is 3. The average Bonchev–Trinajstić information content (AvgIpc) is 2.99. The molecule has 2 N–H and O–H groups in total. The predicted molar refractivity (Wildman–Crippen MR) is 102 cm³/mol. The van der Waals surface area contributed by atoms with Crippen LogP contribution in [0.5, 0.6) is 0 Å². The number of benzene rings is 1. The maximum absolute atomic E-state index is 12.7. The van der Waals surface area contributed by atoms with Gasteiger partial charge in [-0.05, 0) is 43.9 Å². The molecule has 0 unspecified atom stereocenters. The van der Waals surface area contributed by atoms with Gasteiger partial charge in [0.25, 0.3) is 0 Å². The molecule has 2 fully saturated rings. The zero-order valence-electron chi connectivity index (χ0n) is 15.1. The second-order valence-corrected chi connectivity index (χ2v) is 7.59. The van der Waals surface area contributed by atoms with Gasteiger partial charge >= 0.3 is 12.0 Å². The third-order valence-corrected chi connectivity index (χ3v) is 5.54. The Morgan fingerprint density at radius 3 is 2.44 bits per heavy atom. The van der Waals surface area contributed by atoms with Gasteiger partial charge in [0.1, 0.15) is 0 Å².